The number of nitrogens with one attached hydrogen (secondary N) is 1. The van der Waals surface area contributed by atoms with Crippen LogP contribution in [0.15, 0.2) is 77.7 Å². The van der Waals surface area contributed by atoms with Crippen LogP contribution in [0.2, 0.25) is 5.02 Å². The van der Waals surface area contributed by atoms with Gasteiger partial charge < -0.3 is 10.2 Å². The van der Waals surface area contributed by atoms with Crippen molar-refractivity contribution in [2.75, 3.05) is 17.4 Å². The third-order valence-electron chi connectivity index (χ3n) is 5.77. The number of nitrogens with zero attached hydrogens (tertiary/aromatic N) is 2. The summed E-state index contributed by atoms with van der Waals surface area (Å²) in [6.45, 7) is 4.74. The number of benzene rings is 3. The number of likely N-dealkylation sites (N-methyl/N-ethyl adjacent to an activating group) is 1. The van der Waals surface area contributed by atoms with Crippen molar-refractivity contribution in [1.82, 2.24) is 10.2 Å². The normalized spacial score (nSPS) is 12.0. The highest BCUT2D eigenvalue weighted by Crippen LogP contribution is 2.27. The summed E-state index contributed by atoms with van der Waals surface area (Å²) in [6.07, 6.45) is 0. The van der Waals surface area contributed by atoms with Crippen molar-refractivity contribution in [3.8, 4) is 0 Å². The van der Waals surface area contributed by atoms with E-state index in [1.165, 1.54) is 35.2 Å². The van der Waals surface area contributed by atoms with Gasteiger partial charge in [0.1, 0.15) is 18.4 Å². The van der Waals surface area contributed by atoms with Crippen LogP contribution < -0.4 is 9.62 Å². The second-order valence-corrected chi connectivity index (χ2v) is 10.8. The van der Waals surface area contributed by atoms with Crippen molar-refractivity contribution in [3.63, 3.8) is 0 Å². The number of amides is 2. The molecule has 3 aromatic rings. The Morgan fingerprint density at radius 2 is 1.70 bits per heavy atom. The van der Waals surface area contributed by atoms with E-state index in [9.17, 15) is 22.4 Å². The standard InChI is InChI=1S/C27H29ClFN3O4S/c1-4-30-27(34)20(3)31(17-21-8-7-9-22(28)16-21)26(33)18-32(25-11-6-5-10-24(25)29)37(35,36)23-14-12-19(2)13-15-23/h5-16,20H,4,17-18H2,1-3H3,(H,30,34)/t20-/m0/s1. The fourth-order valence-corrected chi connectivity index (χ4v) is 5.38. The number of anilines is 1. The molecule has 0 aliphatic rings. The van der Waals surface area contributed by atoms with Crippen molar-refractivity contribution >= 4 is 39.1 Å². The summed E-state index contributed by atoms with van der Waals surface area (Å²) < 4.78 is 42.9. The number of hydrogen-bond acceptors (Lipinski definition) is 4. The van der Waals surface area contributed by atoms with Crippen LogP contribution in [0.4, 0.5) is 10.1 Å². The van der Waals surface area contributed by atoms with Crippen LogP contribution in [0.5, 0.6) is 0 Å². The lowest BCUT2D eigenvalue weighted by Gasteiger charge is -2.32. The Morgan fingerprint density at radius 3 is 2.32 bits per heavy atom. The fraction of sp³-hybridized carbons (Fsp3) is 0.259. The molecular weight excluding hydrogens is 517 g/mol. The molecule has 0 heterocycles. The molecule has 0 saturated heterocycles. The Kier molecular flexibility index (Phi) is 9.29. The predicted molar refractivity (Wildman–Crippen MR) is 142 cm³/mol. The van der Waals surface area contributed by atoms with Crippen molar-refractivity contribution in [1.29, 1.82) is 0 Å². The van der Waals surface area contributed by atoms with Gasteiger partial charge in [-0.15, -0.1) is 0 Å². The predicted octanol–water partition coefficient (Wildman–Crippen LogP) is 4.54. The first-order valence-corrected chi connectivity index (χ1v) is 13.5. The van der Waals surface area contributed by atoms with Crippen LogP contribution in [-0.2, 0) is 26.2 Å². The van der Waals surface area contributed by atoms with Gasteiger partial charge in [0, 0.05) is 18.1 Å². The van der Waals surface area contributed by atoms with E-state index in [-0.39, 0.29) is 17.1 Å². The van der Waals surface area contributed by atoms with E-state index in [4.69, 9.17) is 11.6 Å². The number of carbonyl (C=O) groups is 2. The zero-order chi connectivity index (χ0) is 27.2. The van der Waals surface area contributed by atoms with Crippen LogP contribution >= 0.6 is 11.6 Å². The van der Waals surface area contributed by atoms with Crippen molar-refractivity contribution in [3.05, 3.63) is 94.8 Å². The molecule has 3 rings (SSSR count). The first-order chi connectivity index (χ1) is 17.5. The highest BCUT2D eigenvalue weighted by atomic mass is 35.5. The zero-order valence-corrected chi connectivity index (χ0v) is 22.4. The van der Waals surface area contributed by atoms with Gasteiger partial charge in [-0.3, -0.25) is 13.9 Å². The molecule has 0 aliphatic heterocycles. The summed E-state index contributed by atoms with van der Waals surface area (Å²) in [4.78, 5) is 27.5. The molecule has 0 aliphatic carbocycles. The van der Waals surface area contributed by atoms with Gasteiger partial charge in [-0.2, -0.15) is 0 Å². The van der Waals surface area contributed by atoms with Gasteiger partial charge in [-0.1, -0.05) is 53.6 Å². The summed E-state index contributed by atoms with van der Waals surface area (Å²) in [6, 6.07) is 17.3. The van der Waals surface area contributed by atoms with Gasteiger partial charge in [0.25, 0.3) is 10.0 Å². The number of para-hydroxylation sites is 1. The fourth-order valence-electron chi connectivity index (χ4n) is 3.74. The van der Waals surface area contributed by atoms with E-state index in [1.54, 1.807) is 50.2 Å². The smallest absolute Gasteiger partial charge is 0.264 e. The van der Waals surface area contributed by atoms with E-state index in [0.717, 1.165) is 15.9 Å². The van der Waals surface area contributed by atoms with Gasteiger partial charge in [-0.25, -0.2) is 12.8 Å². The van der Waals surface area contributed by atoms with Gasteiger partial charge in [0.05, 0.1) is 10.6 Å². The van der Waals surface area contributed by atoms with E-state index in [0.29, 0.717) is 17.1 Å². The summed E-state index contributed by atoms with van der Waals surface area (Å²) in [7, 11) is -4.33. The topological polar surface area (TPSA) is 86.8 Å². The van der Waals surface area contributed by atoms with Crippen LogP contribution in [-0.4, -0.2) is 44.3 Å². The van der Waals surface area contributed by atoms with Crippen LogP contribution in [0, 0.1) is 12.7 Å². The lowest BCUT2D eigenvalue weighted by atomic mass is 10.1. The first-order valence-electron chi connectivity index (χ1n) is 11.7. The highest BCUT2D eigenvalue weighted by molar-refractivity contribution is 7.92. The molecule has 0 radical (unpaired) electrons. The first kappa shape index (κ1) is 28.1. The average Bonchev–Trinajstić information content (AvgIpc) is 2.86. The summed E-state index contributed by atoms with van der Waals surface area (Å²) in [5.41, 5.74) is 1.22. The number of sulfonamides is 1. The minimum atomic E-state index is -4.33. The molecule has 0 bridgehead atoms. The third-order valence-corrected chi connectivity index (χ3v) is 7.78. The van der Waals surface area contributed by atoms with Gasteiger partial charge in [-0.05, 0) is 62.7 Å². The van der Waals surface area contributed by atoms with Crippen LogP contribution in [0.3, 0.4) is 0 Å². The molecule has 10 heteroatoms. The molecule has 1 atom stereocenters. The number of hydrogen-bond donors (Lipinski definition) is 1. The van der Waals surface area contributed by atoms with E-state index in [1.807, 2.05) is 6.92 Å². The quantitative estimate of drug-likeness (QED) is 0.405. The Morgan fingerprint density at radius 1 is 1.03 bits per heavy atom. The lowest BCUT2D eigenvalue weighted by molar-refractivity contribution is -0.139. The van der Waals surface area contributed by atoms with Gasteiger partial charge >= 0.3 is 0 Å². The SMILES string of the molecule is CCNC(=O)[C@H](C)N(Cc1cccc(Cl)c1)C(=O)CN(c1ccccc1F)S(=O)(=O)c1ccc(C)cc1. The molecule has 2 amide bonds. The third kappa shape index (κ3) is 6.87. The molecule has 196 valence electrons. The summed E-state index contributed by atoms with van der Waals surface area (Å²) >= 11 is 6.11. The summed E-state index contributed by atoms with van der Waals surface area (Å²) in [5, 5.41) is 3.13. The largest absolute Gasteiger partial charge is 0.355 e. The maximum Gasteiger partial charge on any atom is 0.264 e. The number of carbonyl (C=O) groups excluding carboxylic acids is 2. The monoisotopic (exact) mass is 545 g/mol. The Hall–Kier alpha value is -3.43. The van der Waals surface area contributed by atoms with E-state index < -0.39 is 40.2 Å². The number of aryl methyl sites for hydroxylation is 1. The maximum atomic E-state index is 14.9. The zero-order valence-electron chi connectivity index (χ0n) is 20.8. The second-order valence-electron chi connectivity index (χ2n) is 8.50. The Labute approximate surface area is 221 Å². The minimum Gasteiger partial charge on any atom is -0.355 e. The Balaban J connectivity index is 2.04. The molecule has 0 spiro atoms. The molecule has 1 N–H and O–H groups in total. The molecule has 0 saturated carbocycles. The number of rotatable bonds is 10. The molecule has 0 unspecified atom stereocenters. The average molecular weight is 546 g/mol. The van der Waals surface area contributed by atoms with Crippen molar-refractivity contribution in [2.45, 2.75) is 38.3 Å². The van der Waals surface area contributed by atoms with Gasteiger partial charge in [0.2, 0.25) is 11.8 Å². The van der Waals surface area contributed by atoms with E-state index >= 15 is 0 Å². The molecule has 3 aromatic carbocycles. The molecule has 0 aromatic heterocycles. The highest BCUT2D eigenvalue weighted by Gasteiger charge is 2.33. The van der Waals surface area contributed by atoms with Crippen molar-refractivity contribution < 1.29 is 22.4 Å². The van der Waals surface area contributed by atoms with Crippen LogP contribution in [0.25, 0.3) is 0 Å². The van der Waals surface area contributed by atoms with Crippen molar-refractivity contribution in [2.24, 2.45) is 0 Å². The molecule has 7 nitrogen and oxygen atoms in total. The summed E-state index contributed by atoms with van der Waals surface area (Å²) in [5.74, 6) is -1.89. The molecular formula is C27H29ClFN3O4S. The molecule has 0 fully saturated rings. The second kappa shape index (κ2) is 12.2. The molecule has 37 heavy (non-hydrogen) atoms. The van der Waals surface area contributed by atoms with Crippen LogP contribution in [0.1, 0.15) is 25.0 Å². The maximum absolute atomic E-state index is 14.9. The lowest BCUT2D eigenvalue weighted by Crippen LogP contribution is -2.51. The number of halogens is 2. The van der Waals surface area contributed by atoms with E-state index in [2.05, 4.69) is 5.32 Å². The van der Waals surface area contributed by atoms with Gasteiger partial charge in [0.15, 0.2) is 0 Å². The minimum absolute atomic E-state index is 0.00656. The Bertz CT molecular complexity index is 1370.